The Morgan fingerprint density at radius 2 is 1.17 bits per heavy atom. The van der Waals surface area contributed by atoms with E-state index >= 15 is 0 Å². The lowest BCUT2D eigenvalue weighted by Crippen LogP contribution is -2.32. The molecular weight excluding hydrogens is 384 g/mol. The van der Waals surface area contributed by atoms with E-state index in [0.717, 1.165) is 0 Å². The number of phenolic OH excluding ortho intramolecular Hbond substituents is 1. The number of hydrogen-bond donors (Lipinski definition) is 3. The molecule has 30 heavy (non-hydrogen) atoms. The van der Waals surface area contributed by atoms with E-state index in [9.17, 15) is 24.9 Å². The van der Waals surface area contributed by atoms with Gasteiger partial charge in [0.1, 0.15) is 17.2 Å². The second-order valence-electron chi connectivity index (χ2n) is 7.29. The molecule has 0 saturated heterocycles. The molecule has 0 aliphatic rings. The maximum atomic E-state index is 13.3. The summed E-state index contributed by atoms with van der Waals surface area (Å²) < 4.78 is 3.01. The number of aryl methyl sites for hydroxylation is 2. The Bertz CT molecular complexity index is 1130. The van der Waals surface area contributed by atoms with Crippen LogP contribution in [-0.2, 0) is 13.1 Å². The molecular formula is C23H26N2O5. The van der Waals surface area contributed by atoms with Crippen molar-refractivity contribution in [2.75, 3.05) is 0 Å². The first-order valence-electron chi connectivity index (χ1n) is 9.86. The third kappa shape index (κ3) is 3.47. The van der Waals surface area contributed by atoms with Crippen molar-refractivity contribution in [2.24, 2.45) is 0 Å². The zero-order valence-electron chi connectivity index (χ0n) is 17.5. The Hall–Kier alpha value is -3.48. The average molecular weight is 410 g/mol. The first-order chi connectivity index (χ1) is 14.2. The van der Waals surface area contributed by atoms with Crippen LogP contribution in [0.25, 0.3) is 0 Å². The van der Waals surface area contributed by atoms with Crippen LogP contribution in [0.15, 0.2) is 46.0 Å². The Morgan fingerprint density at radius 3 is 1.53 bits per heavy atom. The normalized spacial score (nSPS) is 11.2. The minimum atomic E-state index is -1.01. The van der Waals surface area contributed by atoms with Crippen molar-refractivity contribution >= 4 is 0 Å². The van der Waals surface area contributed by atoms with E-state index < -0.39 is 17.0 Å². The van der Waals surface area contributed by atoms with Crippen molar-refractivity contribution in [3.8, 4) is 17.2 Å². The summed E-state index contributed by atoms with van der Waals surface area (Å²) in [6.45, 7) is 7.85. The van der Waals surface area contributed by atoms with E-state index in [1.807, 2.05) is 13.8 Å². The number of rotatable bonds is 5. The van der Waals surface area contributed by atoms with Crippen LogP contribution in [0.2, 0.25) is 0 Å². The number of pyridine rings is 2. The highest BCUT2D eigenvalue weighted by molar-refractivity contribution is 5.52. The standard InChI is InChI=1S/C23H26N2O5/c1-5-24-13(3)11-17(27)20(22(24)29)19(15-7-9-16(26)10-8-15)21-18(28)12-14(4)25(6-2)23(21)30/h7-12,19,26-28H,5-6H2,1-4H3. The van der Waals surface area contributed by atoms with Gasteiger partial charge in [-0.2, -0.15) is 0 Å². The third-order valence-corrected chi connectivity index (χ3v) is 5.48. The lowest BCUT2D eigenvalue weighted by atomic mass is 9.84. The van der Waals surface area contributed by atoms with E-state index in [4.69, 9.17) is 0 Å². The van der Waals surface area contributed by atoms with Gasteiger partial charge in [-0.3, -0.25) is 9.59 Å². The van der Waals surface area contributed by atoms with Crippen LogP contribution in [0.1, 0.15) is 47.8 Å². The van der Waals surface area contributed by atoms with Crippen LogP contribution in [0.3, 0.4) is 0 Å². The molecule has 2 aromatic heterocycles. The predicted molar refractivity (Wildman–Crippen MR) is 115 cm³/mol. The zero-order chi connectivity index (χ0) is 22.2. The summed E-state index contributed by atoms with van der Waals surface area (Å²) >= 11 is 0. The molecule has 0 spiro atoms. The fraction of sp³-hybridized carbons (Fsp3) is 0.304. The molecule has 0 bridgehead atoms. The molecule has 2 heterocycles. The van der Waals surface area contributed by atoms with E-state index in [1.165, 1.54) is 33.4 Å². The van der Waals surface area contributed by atoms with Gasteiger partial charge in [0.05, 0.1) is 17.0 Å². The summed E-state index contributed by atoms with van der Waals surface area (Å²) in [5.41, 5.74) is 0.815. The molecule has 0 amide bonds. The minimum Gasteiger partial charge on any atom is -0.508 e. The highest BCUT2D eigenvalue weighted by Crippen LogP contribution is 2.38. The van der Waals surface area contributed by atoms with E-state index in [2.05, 4.69) is 0 Å². The first-order valence-corrected chi connectivity index (χ1v) is 9.86. The fourth-order valence-corrected chi connectivity index (χ4v) is 4.01. The molecule has 3 N–H and O–H groups in total. The van der Waals surface area contributed by atoms with E-state index in [-0.39, 0.29) is 28.4 Å². The molecule has 1 aromatic carbocycles. The number of benzene rings is 1. The monoisotopic (exact) mass is 410 g/mol. The summed E-state index contributed by atoms with van der Waals surface area (Å²) in [5.74, 6) is -1.48. The van der Waals surface area contributed by atoms with Gasteiger partial charge < -0.3 is 24.5 Å². The van der Waals surface area contributed by atoms with Gasteiger partial charge >= 0.3 is 0 Å². The number of aromatic hydroxyl groups is 3. The molecule has 3 aromatic rings. The summed E-state index contributed by atoms with van der Waals surface area (Å²) in [4.78, 5) is 26.6. The molecule has 0 aliphatic heterocycles. The third-order valence-electron chi connectivity index (χ3n) is 5.48. The quantitative estimate of drug-likeness (QED) is 0.600. The molecule has 0 saturated carbocycles. The maximum Gasteiger partial charge on any atom is 0.258 e. The van der Waals surface area contributed by atoms with Crippen LogP contribution in [0, 0.1) is 13.8 Å². The number of aromatic nitrogens is 2. The number of nitrogens with zero attached hydrogens (tertiary/aromatic N) is 2. The first kappa shape index (κ1) is 21.2. The lowest BCUT2D eigenvalue weighted by Gasteiger charge is -2.23. The molecule has 0 aliphatic carbocycles. The summed E-state index contributed by atoms with van der Waals surface area (Å²) in [7, 11) is 0. The Balaban J connectivity index is 2.47. The highest BCUT2D eigenvalue weighted by atomic mass is 16.3. The Labute approximate surface area is 174 Å². The molecule has 0 unspecified atom stereocenters. The van der Waals surface area contributed by atoms with Crippen LogP contribution < -0.4 is 11.1 Å². The van der Waals surface area contributed by atoms with Crippen molar-refractivity contribution in [1.82, 2.24) is 9.13 Å². The largest absolute Gasteiger partial charge is 0.508 e. The van der Waals surface area contributed by atoms with Crippen molar-refractivity contribution in [3.63, 3.8) is 0 Å². The predicted octanol–water partition coefficient (Wildman–Crippen LogP) is 2.96. The Kier molecular flexibility index (Phi) is 5.73. The van der Waals surface area contributed by atoms with Gasteiger partial charge in [-0.05, 0) is 57.5 Å². The van der Waals surface area contributed by atoms with Gasteiger partial charge in [0.2, 0.25) is 0 Å². The summed E-state index contributed by atoms with van der Waals surface area (Å²) in [6.07, 6.45) is 0. The zero-order valence-corrected chi connectivity index (χ0v) is 17.5. The molecule has 0 fully saturated rings. The molecule has 7 nitrogen and oxygen atoms in total. The van der Waals surface area contributed by atoms with Crippen molar-refractivity contribution in [3.05, 3.63) is 85.2 Å². The second kappa shape index (κ2) is 8.10. The van der Waals surface area contributed by atoms with Gasteiger partial charge in [0.15, 0.2) is 0 Å². The van der Waals surface area contributed by atoms with E-state index in [1.54, 1.807) is 26.0 Å². The average Bonchev–Trinajstić information content (AvgIpc) is 2.67. The van der Waals surface area contributed by atoms with Gasteiger partial charge in [-0.1, -0.05) is 12.1 Å². The minimum absolute atomic E-state index is 0.00652. The molecule has 7 heteroatoms. The van der Waals surface area contributed by atoms with Crippen molar-refractivity contribution in [1.29, 1.82) is 0 Å². The molecule has 0 radical (unpaired) electrons. The number of hydrogen-bond acceptors (Lipinski definition) is 5. The Morgan fingerprint density at radius 1 is 0.767 bits per heavy atom. The van der Waals surface area contributed by atoms with Gasteiger partial charge in [0.25, 0.3) is 11.1 Å². The SMILES string of the molecule is CCn1c(C)cc(O)c(C(c2ccc(O)cc2)c2c(O)cc(C)n(CC)c2=O)c1=O. The topological polar surface area (TPSA) is 105 Å². The second-order valence-corrected chi connectivity index (χ2v) is 7.29. The lowest BCUT2D eigenvalue weighted by molar-refractivity contribution is 0.449. The van der Waals surface area contributed by atoms with Crippen molar-refractivity contribution in [2.45, 2.75) is 46.7 Å². The van der Waals surface area contributed by atoms with Gasteiger partial charge in [-0.25, -0.2) is 0 Å². The van der Waals surface area contributed by atoms with Crippen LogP contribution in [0.5, 0.6) is 17.2 Å². The molecule has 0 atom stereocenters. The van der Waals surface area contributed by atoms with Crippen LogP contribution >= 0.6 is 0 Å². The van der Waals surface area contributed by atoms with Crippen LogP contribution in [-0.4, -0.2) is 24.5 Å². The van der Waals surface area contributed by atoms with E-state index in [0.29, 0.717) is 30.0 Å². The van der Waals surface area contributed by atoms with Gasteiger partial charge in [0, 0.05) is 24.5 Å². The number of phenols is 1. The van der Waals surface area contributed by atoms with Crippen LogP contribution in [0.4, 0.5) is 0 Å². The summed E-state index contributed by atoms with van der Waals surface area (Å²) in [5, 5.41) is 31.2. The highest BCUT2D eigenvalue weighted by Gasteiger charge is 2.30. The smallest absolute Gasteiger partial charge is 0.258 e. The fourth-order valence-electron chi connectivity index (χ4n) is 4.01. The molecule has 3 rings (SSSR count). The molecule has 158 valence electrons. The maximum absolute atomic E-state index is 13.3. The van der Waals surface area contributed by atoms with Crippen molar-refractivity contribution < 1.29 is 15.3 Å². The summed E-state index contributed by atoms with van der Waals surface area (Å²) in [6, 6.07) is 8.99. The van der Waals surface area contributed by atoms with Gasteiger partial charge in [-0.15, -0.1) is 0 Å².